The summed E-state index contributed by atoms with van der Waals surface area (Å²) in [5.41, 5.74) is 8.26. The molecule has 1 saturated heterocycles. The molecule has 1 aliphatic rings. The predicted octanol–water partition coefficient (Wildman–Crippen LogP) is 2.72. The molecule has 0 radical (unpaired) electrons. The van der Waals surface area contributed by atoms with Crippen LogP contribution in [-0.2, 0) is 4.79 Å². The molecule has 1 aromatic heterocycles. The van der Waals surface area contributed by atoms with E-state index in [1.54, 1.807) is 19.5 Å². The molecule has 5 nitrogen and oxygen atoms in total. The smallest absolute Gasteiger partial charge is 0.222 e. The van der Waals surface area contributed by atoms with Crippen molar-refractivity contribution in [2.45, 2.75) is 6.42 Å². The molecule has 120 valence electrons. The number of nitrogens with zero attached hydrogens (tertiary/aromatic N) is 2. The molecule has 23 heavy (non-hydrogen) atoms. The Labute approximate surface area is 140 Å². The van der Waals surface area contributed by atoms with E-state index in [-0.39, 0.29) is 11.8 Å². The number of pyridine rings is 1. The second-order valence-corrected chi connectivity index (χ2v) is 5.99. The Morgan fingerprint density at radius 2 is 2.09 bits per heavy atom. The molecular formula is C17H18ClN3O2. The number of ether oxygens (including phenoxy) is 1. The van der Waals surface area contributed by atoms with Gasteiger partial charge in [-0.15, -0.1) is 0 Å². The van der Waals surface area contributed by atoms with E-state index in [1.165, 1.54) is 0 Å². The van der Waals surface area contributed by atoms with Crippen molar-refractivity contribution in [2.75, 3.05) is 25.1 Å². The lowest BCUT2D eigenvalue weighted by molar-refractivity contribution is -0.121. The van der Waals surface area contributed by atoms with Crippen LogP contribution in [0.4, 0.5) is 5.69 Å². The number of rotatable bonds is 4. The fourth-order valence-electron chi connectivity index (χ4n) is 2.93. The molecule has 2 heterocycles. The summed E-state index contributed by atoms with van der Waals surface area (Å²) >= 11 is 6.40. The number of anilines is 1. The normalized spacial score (nSPS) is 17.3. The summed E-state index contributed by atoms with van der Waals surface area (Å²) < 4.78 is 5.20. The molecule has 2 N–H and O–H groups in total. The van der Waals surface area contributed by atoms with Crippen molar-refractivity contribution in [3.63, 3.8) is 0 Å². The van der Waals surface area contributed by atoms with Gasteiger partial charge in [0.05, 0.1) is 23.7 Å². The molecule has 0 bridgehead atoms. The molecule has 1 unspecified atom stereocenters. The Bertz CT molecular complexity index is 718. The van der Waals surface area contributed by atoms with Gasteiger partial charge in [-0.05, 0) is 24.1 Å². The van der Waals surface area contributed by atoms with Crippen LogP contribution in [0.3, 0.4) is 0 Å². The van der Waals surface area contributed by atoms with Gasteiger partial charge in [-0.1, -0.05) is 23.7 Å². The maximum absolute atomic E-state index is 11.4. The van der Waals surface area contributed by atoms with Crippen LogP contribution in [0.25, 0.3) is 11.1 Å². The monoisotopic (exact) mass is 331 g/mol. The number of halogens is 1. The largest absolute Gasteiger partial charge is 0.497 e. The van der Waals surface area contributed by atoms with Crippen molar-refractivity contribution in [2.24, 2.45) is 11.7 Å². The Balaban J connectivity index is 1.98. The number of amides is 1. The minimum atomic E-state index is -0.260. The van der Waals surface area contributed by atoms with Gasteiger partial charge in [0.15, 0.2) is 0 Å². The van der Waals surface area contributed by atoms with E-state index in [9.17, 15) is 4.79 Å². The highest BCUT2D eigenvalue weighted by atomic mass is 35.5. The van der Waals surface area contributed by atoms with Crippen molar-refractivity contribution >= 4 is 23.2 Å². The number of carbonyl (C=O) groups is 1. The third-order valence-electron chi connectivity index (χ3n) is 4.18. The lowest BCUT2D eigenvalue weighted by Crippen LogP contribution is -2.27. The zero-order valence-corrected chi connectivity index (χ0v) is 13.6. The molecule has 0 spiro atoms. The van der Waals surface area contributed by atoms with Gasteiger partial charge in [0, 0.05) is 31.0 Å². The van der Waals surface area contributed by atoms with Gasteiger partial charge in [0.2, 0.25) is 5.91 Å². The fraction of sp³-hybridized carbons (Fsp3) is 0.294. The van der Waals surface area contributed by atoms with Gasteiger partial charge < -0.3 is 15.4 Å². The number of hydrogen-bond donors (Lipinski definition) is 1. The zero-order chi connectivity index (χ0) is 16.4. The number of aromatic nitrogens is 1. The Kier molecular flexibility index (Phi) is 4.39. The van der Waals surface area contributed by atoms with Gasteiger partial charge in [0.1, 0.15) is 5.75 Å². The molecule has 3 rings (SSSR count). The molecule has 0 saturated carbocycles. The topological polar surface area (TPSA) is 68.4 Å². The number of hydrogen-bond acceptors (Lipinski definition) is 4. The lowest BCUT2D eigenvalue weighted by atomic mass is 10.0. The standard InChI is InChI=1S/C17H18ClN3O2/c1-23-13-4-2-11(3-5-13)14-8-20-9-15(18)16(14)21-7-6-12(10-21)17(19)22/h2-5,8-9,12H,6-7,10H2,1H3,(H2,19,22). The second-order valence-electron chi connectivity index (χ2n) is 5.58. The van der Waals surface area contributed by atoms with E-state index in [2.05, 4.69) is 9.88 Å². The van der Waals surface area contributed by atoms with Crippen LogP contribution in [0.1, 0.15) is 6.42 Å². The zero-order valence-electron chi connectivity index (χ0n) is 12.8. The summed E-state index contributed by atoms with van der Waals surface area (Å²) in [7, 11) is 1.63. The Morgan fingerprint density at radius 3 is 2.70 bits per heavy atom. The molecule has 0 aliphatic carbocycles. The third-order valence-corrected chi connectivity index (χ3v) is 4.46. The van der Waals surface area contributed by atoms with Gasteiger partial charge in [-0.25, -0.2) is 0 Å². The predicted molar refractivity (Wildman–Crippen MR) is 90.7 cm³/mol. The Morgan fingerprint density at radius 1 is 1.35 bits per heavy atom. The van der Waals surface area contributed by atoms with E-state index in [0.717, 1.165) is 35.5 Å². The van der Waals surface area contributed by atoms with E-state index in [4.69, 9.17) is 22.1 Å². The maximum atomic E-state index is 11.4. The summed E-state index contributed by atoms with van der Waals surface area (Å²) in [6, 6.07) is 7.74. The first-order valence-electron chi connectivity index (χ1n) is 7.42. The van der Waals surface area contributed by atoms with Crippen LogP contribution < -0.4 is 15.4 Å². The van der Waals surface area contributed by atoms with E-state index in [1.807, 2.05) is 24.3 Å². The summed E-state index contributed by atoms with van der Waals surface area (Å²) in [5, 5.41) is 0.573. The van der Waals surface area contributed by atoms with E-state index in [0.29, 0.717) is 11.6 Å². The molecule has 2 aromatic rings. The molecule has 1 fully saturated rings. The maximum Gasteiger partial charge on any atom is 0.222 e. The first-order chi connectivity index (χ1) is 11.1. The minimum absolute atomic E-state index is 0.136. The minimum Gasteiger partial charge on any atom is -0.497 e. The third kappa shape index (κ3) is 3.10. The van der Waals surface area contributed by atoms with Crippen LogP contribution >= 0.6 is 11.6 Å². The van der Waals surface area contributed by atoms with Crippen molar-refractivity contribution in [3.05, 3.63) is 41.7 Å². The average molecular weight is 332 g/mol. The van der Waals surface area contributed by atoms with Gasteiger partial charge in [0.25, 0.3) is 0 Å². The van der Waals surface area contributed by atoms with Gasteiger partial charge in [-0.2, -0.15) is 0 Å². The van der Waals surface area contributed by atoms with Crippen molar-refractivity contribution in [3.8, 4) is 16.9 Å². The summed E-state index contributed by atoms with van der Waals surface area (Å²) in [5.74, 6) is 0.395. The fourth-order valence-corrected chi connectivity index (χ4v) is 3.20. The highest BCUT2D eigenvalue weighted by Gasteiger charge is 2.29. The van der Waals surface area contributed by atoms with Crippen LogP contribution in [-0.4, -0.2) is 31.1 Å². The molecule has 1 aliphatic heterocycles. The summed E-state index contributed by atoms with van der Waals surface area (Å²) in [6.45, 7) is 1.34. The number of primary amides is 1. The number of nitrogens with two attached hydrogens (primary N) is 1. The average Bonchev–Trinajstić information content (AvgIpc) is 3.04. The van der Waals surface area contributed by atoms with E-state index < -0.39 is 0 Å². The lowest BCUT2D eigenvalue weighted by Gasteiger charge is -2.23. The first kappa shape index (κ1) is 15.6. The molecule has 6 heteroatoms. The highest BCUT2D eigenvalue weighted by Crippen LogP contribution is 2.38. The number of carbonyl (C=O) groups excluding carboxylic acids is 1. The van der Waals surface area contributed by atoms with E-state index >= 15 is 0 Å². The second kappa shape index (κ2) is 6.46. The van der Waals surface area contributed by atoms with Crippen molar-refractivity contribution in [1.29, 1.82) is 0 Å². The quantitative estimate of drug-likeness (QED) is 0.935. The molecule has 1 atom stereocenters. The van der Waals surface area contributed by atoms with Crippen LogP contribution in [0.15, 0.2) is 36.7 Å². The van der Waals surface area contributed by atoms with Crippen LogP contribution in [0.5, 0.6) is 5.75 Å². The molecule has 1 aromatic carbocycles. The SMILES string of the molecule is COc1ccc(-c2cncc(Cl)c2N2CCC(C(N)=O)C2)cc1. The first-order valence-corrected chi connectivity index (χ1v) is 7.80. The molecule has 1 amide bonds. The highest BCUT2D eigenvalue weighted by molar-refractivity contribution is 6.33. The van der Waals surface area contributed by atoms with Gasteiger partial charge in [-0.3, -0.25) is 9.78 Å². The summed E-state index contributed by atoms with van der Waals surface area (Å²) in [4.78, 5) is 17.7. The summed E-state index contributed by atoms with van der Waals surface area (Å²) in [6.07, 6.45) is 4.16. The number of benzene rings is 1. The van der Waals surface area contributed by atoms with Crippen LogP contribution in [0.2, 0.25) is 5.02 Å². The number of methoxy groups -OCH3 is 1. The van der Waals surface area contributed by atoms with Crippen molar-refractivity contribution in [1.82, 2.24) is 4.98 Å². The van der Waals surface area contributed by atoms with Crippen LogP contribution in [0, 0.1) is 5.92 Å². The molecular weight excluding hydrogens is 314 g/mol. The van der Waals surface area contributed by atoms with Crippen molar-refractivity contribution < 1.29 is 9.53 Å². The Hall–Kier alpha value is -2.27. The van der Waals surface area contributed by atoms with Gasteiger partial charge >= 0.3 is 0 Å².